The molecule has 1 heterocycles. The minimum atomic E-state index is -0.499. The van der Waals surface area contributed by atoms with E-state index in [0.29, 0.717) is 5.92 Å². The highest BCUT2D eigenvalue weighted by atomic mass is 35.5. The molecule has 1 aliphatic heterocycles. The van der Waals surface area contributed by atoms with Gasteiger partial charge in [-0.2, -0.15) is 0 Å². The maximum atomic E-state index is 12.8. The average molecular weight is 322 g/mol. The van der Waals surface area contributed by atoms with Gasteiger partial charge < -0.3 is 9.64 Å². The van der Waals surface area contributed by atoms with E-state index in [2.05, 4.69) is 13.0 Å². The molecule has 120 valence electrons. The van der Waals surface area contributed by atoms with Crippen molar-refractivity contribution in [3.05, 3.63) is 23.8 Å². The Morgan fingerprint density at radius 2 is 2.09 bits per heavy atom. The predicted molar refractivity (Wildman–Crippen MR) is 90.0 cm³/mol. The van der Waals surface area contributed by atoms with E-state index in [4.69, 9.17) is 16.3 Å². The molecular formula is C18H24ClNO2. The summed E-state index contributed by atoms with van der Waals surface area (Å²) >= 11 is 6.17. The predicted octanol–water partition coefficient (Wildman–Crippen LogP) is 4.48. The summed E-state index contributed by atoms with van der Waals surface area (Å²) in [6.45, 7) is 4.03. The molecule has 1 saturated carbocycles. The Labute approximate surface area is 137 Å². The minimum Gasteiger partial charge on any atom is -0.497 e. The first-order valence-corrected chi connectivity index (χ1v) is 8.58. The van der Waals surface area contributed by atoms with Gasteiger partial charge in [-0.1, -0.05) is 19.8 Å². The standard InChI is InChI=1S/C18H24ClNO2/c1-12-11-18(8-4-5-9-18)20(17(21)13(2)19)16-7-6-14(22-3)10-15(12)16/h6-7,10,12-13H,4-5,8-9,11H2,1-3H3. The first kappa shape index (κ1) is 15.7. The molecular weight excluding hydrogens is 298 g/mol. The van der Waals surface area contributed by atoms with Crippen LogP contribution in [0.3, 0.4) is 0 Å². The van der Waals surface area contributed by atoms with Crippen molar-refractivity contribution in [1.29, 1.82) is 0 Å². The number of anilines is 1. The van der Waals surface area contributed by atoms with Crippen molar-refractivity contribution in [1.82, 2.24) is 0 Å². The molecule has 0 N–H and O–H groups in total. The average Bonchev–Trinajstić information content (AvgIpc) is 2.95. The second-order valence-electron chi connectivity index (χ2n) is 6.75. The summed E-state index contributed by atoms with van der Waals surface area (Å²) in [5, 5.41) is -0.499. The van der Waals surface area contributed by atoms with Gasteiger partial charge in [0.05, 0.1) is 7.11 Å². The zero-order valence-electron chi connectivity index (χ0n) is 13.6. The number of amides is 1. The summed E-state index contributed by atoms with van der Waals surface area (Å²) in [5.41, 5.74) is 2.18. The Balaban J connectivity index is 2.13. The SMILES string of the molecule is COc1ccc2c(c1)C(C)CC1(CCCC1)N2C(=O)C(C)Cl. The van der Waals surface area contributed by atoms with Crippen molar-refractivity contribution in [3.63, 3.8) is 0 Å². The molecule has 4 heteroatoms. The largest absolute Gasteiger partial charge is 0.497 e. The quantitative estimate of drug-likeness (QED) is 0.752. The van der Waals surface area contributed by atoms with Crippen LogP contribution in [0.5, 0.6) is 5.75 Å². The van der Waals surface area contributed by atoms with Gasteiger partial charge in [-0.15, -0.1) is 11.6 Å². The van der Waals surface area contributed by atoms with Gasteiger partial charge in [-0.25, -0.2) is 0 Å². The van der Waals surface area contributed by atoms with Crippen molar-refractivity contribution in [3.8, 4) is 5.75 Å². The maximum absolute atomic E-state index is 12.8. The lowest BCUT2D eigenvalue weighted by atomic mass is 9.76. The normalized spacial score (nSPS) is 24.2. The van der Waals surface area contributed by atoms with Gasteiger partial charge in [0.25, 0.3) is 0 Å². The lowest BCUT2D eigenvalue weighted by Crippen LogP contribution is -2.55. The van der Waals surface area contributed by atoms with Crippen molar-refractivity contribution >= 4 is 23.2 Å². The highest BCUT2D eigenvalue weighted by Crippen LogP contribution is 2.51. The molecule has 1 fully saturated rings. The first-order valence-electron chi connectivity index (χ1n) is 8.14. The lowest BCUT2D eigenvalue weighted by molar-refractivity contribution is -0.119. The molecule has 3 rings (SSSR count). The Hall–Kier alpha value is -1.22. The van der Waals surface area contributed by atoms with Crippen molar-refractivity contribution in [2.45, 2.75) is 62.8 Å². The van der Waals surface area contributed by atoms with Gasteiger partial charge in [0.15, 0.2) is 0 Å². The van der Waals surface area contributed by atoms with Crippen LogP contribution in [0, 0.1) is 0 Å². The molecule has 1 amide bonds. The fraction of sp³-hybridized carbons (Fsp3) is 0.611. The van der Waals surface area contributed by atoms with Crippen LogP contribution in [0.1, 0.15) is 57.4 Å². The highest BCUT2D eigenvalue weighted by Gasteiger charge is 2.48. The van der Waals surface area contributed by atoms with Crippen molar-refractivity contribution in [2.75, 3.05) is 12.0 Å². The van der Waals surface area contributed by atoms with Crippen LogP contribution in [0.25, 0.3) is 0 Å². The smallest absolute Gasteiger partial charge is 0.245 e. The monoisotopic (exact) mass is 321 g/mol. The number of methoxy groups -OCH3 is 1. The number of nitrogens with zero attached hydrogens (tertiary/aromatic N) is 1. The molecule has 22 heavy (non-hydrogen) atoms. The zero-order chi connectivity index (χ0) is 15.9. The molecule has 1 aromatic rings. The number of hydrogen-bond acceptors (Lipinski definition) is 2. The van der Waals surface area contributed by atoms with Gasteiger partial charge in [-0.3, -0.25) is 4.79 Å². The second kappa shape index (κ2) is 5.77. The molecule has 1 aliphatic carbocycles. The van der Waals surface area contributed by atoms with Crippen LogP contribution in [-0.2, 0) is 4.79 Å². The van der Waals surface area contributed by atoms with Gasteiger partial charge in [0.1, 0.15) is 11.1 Å². The van der Waals surface area contributed by atoms with Crippen LogP contribution in [-0.4, -0.2) is 23.9 Å². The molecule has 0 radical (unpaired) electrons. The van der Waals surface area contributed by atoms with Gasteiger partial charge >= 0.3 is 0 Å². The Morgan fingerprint density at radius 3 is 2.68 bits per heavy atom. The highest BCUT2D eigenvalue weighted by molar-refractivity contribution is 6.32. The first-order chi connectivity index (χ1) is 10.5. The molecule has 2 atom stereocenters. The number of carbonyl (C=O) groups is 1. The van der Waals surface area contributed by atoms with Crippen molar-refractivity contribution in [2.24, 2.45) is 0 Å². The van der Waals surface area contributed by atoms with E-state index >= 15 is 0 Å². The summed E-state index contributed by atoms with van der Waals surface area (Å²) in [4.78, 5) is 14.9. The van der Waals surface area contributed by atoms with E-state index in [1.54, 1.807) is 14.0 Å². The van der Waals surface area contributed by atoms with Crippen LogP contribution < -0.4 is 9.64 Å². The summed E-state index contributed by atoms with van der Waals surface area (Å²) in [6, 6.07) is 6.04. The third kappa shape index (κ3) is 2.40. The van der Waals surface area contributed by atoms with E-state index in [1.807, 2.05) is 17.0 Å². The topological polar surface area (TPSA) is 29.5 Å². The number of fused-ring (bicyclic) bond motifs is 1. The van der Waals surface area contributed by atoms with E-state index in [9.17, 15) is 4.79 Å². The number of alkyl halides is 1. The molecule has 3 nitrogen and oxygen atoms in total. The number of rotatable bonds is 2. The molecule has 1 aromatic carbocycles. The number of halogens is 1. The summed E-state index contributed by atoms with van der Waals surface area (Å²) in [6.07, 6.45) is 5.57. The summed E-state index contributed by atoms with van der Waals surface area (Å²) in [5.74, 6) is 1.30. The van der Waals surface area contributed by atoms with Crippen LogP contribution in [0.4, 0.5) is 5.69 Å². The third-order valence-electron chi connectivity index (χ3n) is 5.26. The minimum absolute atomic E-state index is 0.0295. The third-order valence-corrected chi connectivity index (χ3v) is 5.45. The Bertz CT molecular complexity index is 578. The Morgan fingerprint density at radius 1 is 1.41 bits per heavy atom. The zero-order valence-corrected chi connectivity index (χ0v) is 14.3. The fourth-order valence-electron chi connectivity index (χ4n) is 4.28. The summed E-state index contributed by atoms with van der Waals surface area (Å²) < 4.78 is 5.36. The number of carbonyl (C=O) groups excluding carboxylic acids is 1. The summed E-state index contributed by atoms with van der Waals surface area (Å²) in [7, 11) is 1.68. The van der Waals surface area contributed by atoms with Crippen molar-refractivity contribution < 1.29 is 9.53 Å². The second-order valence-corrected chi connectivity index (χ2v) is 7.41. The maximum Gasteiger partial charge on any atom is 0.245 e. The van der Waals surface area contributed by atoms with Crippen LogP contribution in [0.2, 0.25) is 0 Å². The van der Waals surface area contributed by atoms with E-state index < -0.39 is 5.38 Å². The van der Waals surface area contributed by atoms with Crippen LogP contribution in [0.15, 0.2) is 18.2 Å². The fourth-order valence-corrected chi connectivity index (χ4v) is 4.37. The molecule has 1 spiro atoms. The van der Waals surface area contributed by atoms with E-state index in [-0.39, 0.29) is 11.4 Å². The number of hydrogen-bond donors (Lipinski definition) is 0. The number of benzene rings is 1. The molecule has 0 aromatic heterocycles. The van der Waals surface area contributed by atoms with E-state index in [0.717, 1.165) is 30.7 Å². The van der Waals surface area contributed by atoms with E-state index in [1.165, 1.54) is 18.4 Å². The van der Waals surface area contributed by atoms with Gasteiger partial charge in [0, 0.05) is 11.2 Å². The molecule has 2 aliphatic rings. The van der Waals surface area contributed by atoms with Crippen LogP contribution >= 0.6 is 11.6 Å². The Kier molecular flexibility index (Phi) is 4.11. The lowest BCUT2D eigenvalue weighted by Gasteiger charge is -2.48. The molecule has 0 saturated heterocycles. The van der Waals surface area contributed by atoms with Gasteiger partial charge in [-0.05, 0) is 55.9 Å². The molecule has 2 unspecified atom stereocenters. The molecule has 0 bridgehead atoms. The number of ether oxygens (including phenoxy) is 1. The van der Waals surface area contributed by atoms with Gasteiger partial charge in [0.2, 0.25) is 5.91 Å².